The third-order valence-electron chi connectivity index (χ3n) is 4.88. The molecular weight excluding hydrogens is 308 g/mol. The lowest BCUT2D eigenvalue weighted by atomic mass is 9.99. The lowest BCUT2D eigenvalue weighted by Crippen LogP contribution is -2.44. The fraction of sp³-hybridized carbons (Fsp3) is 0.941. The molecule has 2 saturated heterocycles. The summed E-state index contributed by atoms with van der Waals surface area (Å²) < 4.78 is 5.77. The van der Waals surface area contributed by atoms with Crippen LogP contribution in [-0.4, -0.2) is 74.3 Å². The molecule has 0 radical (unpaired) electrons. The molecule has 2 aliphatic rings. The van der Waals surface area contributed by atoms with Crippen molar-refractivity contribution in [3.63, 3.8) is 0 Å². The van der Waals surface area contributed by atoms with E-state index in [0.29, 0.717) is 0 Å². The van der Waals surface area contributed by atoms with Gasteiger partial charge in [0.1, 0.15) is 0 Å². The monoisotopic (exact) mass is 342 g/mol. The highest BCUT2D eigenvalue weighted by molar-refractivity contribution is 8.00. The maximum Gasteiger partial charge on any atom is 0.191 e. The van der Waals surface area contributed by atoms with E-state index in [0.717, 1.165) is 58.2 Å². The molecule has 2 aliphatic heterocycles. The number of hydrogen-bond acceptors (Lipinski definition) is 4. The molecule has 0 aromatic heterocycles. The summed E-state index contributed by atoms with van der Waals surface area (Å²) in [6.45, 7) is 10.2. The van der Waals surface area contributed by atoms with Crippen LogP contribution in [0.3, 0.4) is 0 Å². The summed E-state index contributed by atoms with van der Waals surface area (Å²) in [5.41, 5.74) is 0. The molecule has 0 aliphatic carbocycles. The molecule has 23 heavy (non-hydrogen) atoms. The Balaban J connectivity index is 1.78. The molecule has 0 bridgehead atoms. The smallest absolute Gasteiger partial charge is 0.191 e. The second kappa shape index (κ2) is 10.4. The van der Waals surface area contributed by atoms with Gasteiger partial charge in [0.05, 0.1) is 6.54 Å². The molecule has 0 aromatic carbocycles. The maximum atomic E-state index is 5.51. The van der Waals surface area contributed by atoms with E-state index < -0.39 is 0 Å². The van der Waals surface area contributed by atoms with Gasteiger partial charge in [0, 0.05) is 37.6 Å². The molecule has 2 fully saturated rings. The number of ether oxygens (including phenoxy) is 1. The number of rotatable bonds is 7. The van der Waals surface area contributed by atoms with Crippen molar-refractivity contribution in [2.45, 2.75) is 43.8 Å². The summed E-state index contributed by atoms with van der Waals surface area (Å²) in [5.74, 6) is 0.962. The van der Waals surface area contributed by atoms with Gasteiger partial charge < -0.3 is 20.3 Å². The second-order valence-electron chi connectivity index (χ2n) is 6.52. The third kappa shape index (κ3) is 6.51. The summed E-state index contributed by atoms with van der Waals surface area (Å²) in [7, 11) is 0. The van der Waals surface area contributed by atoms with E-state index in [4.69, 9.17) is 9.73 Å². The minimum Gasteiger partial charge on any atom is -0.381 e. The molecule has 2 heterocycles. The van der Waals surface area contributed by atoms with Crippen molar-refractivity contribution in [3.05, 3.63) is 0 Å². The molecule has 0 amide bonds. The van der Waals surface area contributed by atoms with Crippen LogP contribution in [0.25, 0.3) is 0 Å². The highest BCUT2D eigenvalue weighted by Crippen LogP contribution is 2.33. The van der Waals surface area contributed by atoms with Gasteiger partial charge >= 0.3 is 0 Å². The fourth-order valence-corrected chi connectivity index (χ4v) is 4.02. The second-order valence-corrected chi connectivity index (χ2v) is 7.80. The first-order valence-corrected chi connectivity index (χ1v) is 10.4. The Labute approximate surface area is 146 Å². The molecule has 2 N–H and O–H groups in total. The predicted octanol–water partition coefficient (Wildman–Crippen LogP) is 1.94. The summed E-state index contributed by atoms with van der Waals surface area (Å²) in [6, 6.07) is 0. The van der Waals surface area contributed by atoms with Crippen LogP contribution in [0, 0.1) is 0 Å². The normalized spacial score (nSPS) is 22.8. The van der Waals surface area contributed by atoms with Gasteiger partial charge in [-0.25, -0.2) is 0 Å². The van der Waals surface area contributed by atoms with Gasteiger partial charge in [-0.05, 0) is 52.0 Å². The van der Waals surface area contributed by atoms with Crippen LogP contribution in [0.1, 0.15) is 39.0 Å². The highest BCUT2D eigenvalue weighted by atomic mass is 32.2. The number of likely N-dealkylation sites (tertiary alicyclic amines) is 1. The van der Waals surface area contributed by atoms with Crippen LogP contribution < -0.4 is 10.6 Å². The zero-order chi connectivity index (χ0) is 16.4. The van der Waals surface area contributed by atoms with E-state index in [1.54, 1.807) is 0 Å². The summed E-state index contributed by atoms with van der Waals surface area (Å²) in [5, 5.41) is 6.89. The van der Waals surface area contributed by atoms with E-state index in [9.17, 15) is 0 Å². The number of piperidine rings is 1. The lowest BCUT2D eigenvalue weighted by molar-refractivity contribution is 0.0794. The molecule has 0 saturated carbocycles. The Morgan fingerprint density at radius 1 is 1.17 bits per heavy atom. The zero-order valence-electron chi connectivity index (χ0n) is 14.9. The van der Waals surface area contributed by atoms with E-state index in [2.05, 4.69) is 28.7 Å². The molecular formula is C17H34N4OS. The molecule has 0 atom stereocenters. The first-order chi connectivity index (χ1) is 11.3. The molecule has 134 valence electrons. The molecule has 6 heteroatoms. The van der Waals surface area contributed by atoms with Gasteiger partial charge in [-0.1, -0.05) is 6.42 Å². The molecule has 2 rings (SSSR count). The van der Waals surface area contributed by atoms with Crippen LogP contribution in [0.4, 0.5) is 0 Å². The van der Waals surface area contributed by atoms with Crippen LogP contribution in [0.2, 0.25) is 0 Å². The number of aliphatic imine (C=N–C) groups is 1. The van der Waals surface area contributed by atoms with Gasteiger partial charge in [0.2, 0.25) is 0 Å². The van der Waals surface area contributed by atoms with Crippen LogP contribution in [0.5, 0.6) is 0 Å². The fourth-order valence-electron chi connectivity index (χ4n) is 3.25. The van der Waals surface area contributed by atoms with Gasteiger partial charge in [-0.15, -0.1) is 0 Å². The van der Waals surface area contributed by atoms with E-state index in [-0.39, 0.29) is 4.75 Å². The maximum absolute atomic E-state index is 5.51. The van der Waals surface area contributed by atoms with E-state index >= 15 is 0 Å². The quantitative estimate of drug-likeness (QED) is 0.547. The minimum absolute atomic E-state index is 0.257. The van der Waals surface area contributed by atoms with Crippen molar-refractivity contribution >= 4 is 17.7 Å². The number of thioether (sulfide) groups is 1. The summed E-state index contributed by atoms with van der Waals surface area (Å²) >= 11 is 1.95. The Kier molecular flexibility index (Phi) is 8.55. The number of guanidine groups is 1. The van der Waals surface area contributed by atoms with Gasteiger partial charge in [-0.2, -0.15) is 11.8 Å². The number of hydrogen-bond donors (Lipinski definition) is 2. The SMILES string of the molecule is CCNC(=NCC1(SC)CCOCC1)NCCN1CCCCC1. The molecule has 0 spiro atoms. The van der Waals surface area contributed by atoms with Gasteiger partial charge in [0.15, 0.2) is 5.96 Å². The highest BCUT2D eigenvalue weighted by Gasteiger charge is 2.31. The van der Waals surface area contributed by atoms with Gasteiger partial charge in [-0.3, -0.25) is 4.99 Å². The average Bonchev–Trinajstić information content (AvgIpc) is 2.61. The van der Waals surface area contributed by atoms with Crippen molar-refractivity contribution < 1.29 is 4.74 Å². The molecule has 0 aromatic rings. The summed E-state index contributed by atoms with van der Waals surface area (Å²) in [6.07, 6.45) is 8.51. The Bertz CT molecular complexity index is 353. The average molecular weight is 343 g/mol. The third-order valence-corrected chi connectivity index (χ3v) is 6.28. The largest absolute Gasteiger partial charge is 0.381 e. The zero-order valence-corrected chi connectivity index (χ0v) is 15.7. The van der Waals surface area contributed by atoms with Crippen LogP contribution >= 0.6 is 11.8 Å². The minimum atomic E-state index is 0.257. The first kappa shape index (κ1) is 18.9. The Hall–Kier alpha value is -0.460. The standard InChI is InChI=1S/C17H34N4OS/c1-3-18-16(19-9-12-21-10-5-4-6-11-21)20-15-17(23-2)7-13-22-14-8-17/h3-15H2,1-2H3,(H2,18,19,20). The molecule has 5 nitrogen and oxygen atoms in total. The van der Waals surface area contributed by atoms with Crippen molar-refractivity contribution in [3.8, 4) is 0 Å². The van der Waals surface area contributed by atoms with Crippen molar-refractivity contribution in [2.75, 3.05) is 58.7 Å². The first-order valence-electron chi connectivity index (χ1n) is 9.15. The lowest BCUT2D eigenvalue weighted by Gasteiger charge is -2.34. The number of nitrogens with zero attached hydrogens (tertiary/aromatic N) is 2. The van der Waals surface area contributed by atoms with Crippen molar-refractivity contribution in [1.29, 1.82) is 0 Å². The summed E-state index contributed by atoms with van der Waals surface area (Å²) in [4.78, 5) is 7.42. The van der Waals surface area contributed by atoms with Crippen LogP contribution in [0.15, 0.2) is 4.99 Å². The van der Waals surface area contributed by atoms with Crippen molar-refractivity contribution in [1.82, 2.24) is 15.5 Å². The van der Waals surface area contributed by atoms with Crippen molar-refractivity contribution in [2.24, 2.45) is 4.99 Å². The Morgan fingerprint density at radius 3 is 2.57 bits per heavy atom. The molecule has 0 unspecified atom stereocenters. The van der Waals surface area contributed by atoms with E-state index in [1.165, 1.54) is 32.4 Å². The van der Waals surface area contributed by atoms with Gasteiger partial charge in [0.25, 0.3) is 0 Å². The van der Waals surface area contributed by atoms with Crippen LogP contribution in [-0.2, 0) is 4.74 Å². The topological polar surface area (TPSA) is 48.9 Å². The van der Waals surface area contributed by atoms with E-state index in [1.807, 2.05) is 11.8 Å². The predicted molar refractivity (Wildman–Crippen MR) is 101 cm³/mol. The number of nitrogens with one attached hydrogen (secondary N) is 2. The Morgan fingerprint density at radius 2 is 1.91 bits per heavy atom.